The summed E-state index contributed by atoms with van der Waals surface area (Å²) in [5, 5.41) is 43.5. The van der Waals surface area contributed by atoms with Crippen LogP contribution in [0.15, 0.2) is 112 Å². The minimum atomic E-state index is -1.99. The Morgan fingerprint density at radius 1 is 0.716 bits per heavy atom. The van der Waals surface area contributed by atoms with E-state index in [1.807, 2.05) is 0 Å². The number of aliphatic hydroxyl groups is 2. The maximum Gasteiger partial charge on any atom is 0.278 e. The van der Waals surface area contributed by atoms with Gasteiger partial charge in [-0.1, -0.05) is 45.5 Å². The van der Waals surface area contributed by atoms with Crippen molar-refractivity contribution in [2.24, 2.45) is 5.73 Å². The molecule has 0 saturated heterocycles. The fraction of sp³-hybridized carbons (Fsp3) is 0.180. The van der Waals surface area contributed by atoms with Gasteiger partial charge in [0.05, 0.1) is 51.6 Å². The van der Waals surface area contributed by atoms with Crippen molar-refractivity contribution in [2.75, 3.05) is 0 Å². The van der Waals surface area contributed by atoms with Crippen molar-refractivity contribution in [2.45, 2.75) is 58.4 Å². The molecule has 420 valence electrons. The third-order valence-electron chi connectivity index (χ3n) is 10.9. The minimum absolute atomic E-state index is 0.0591. The van der Waals surface area contributed by atoms with E-state index in [4.69, 9.17) is 19.0 Å². The third kappa shape index (κ3) is 14.0. The molecule has 0 aliphatic carbocycles. The molecular weight excluding hydrogens is 1080 g/mol. The van der Waals surface area contributed by atoms with Crippen LogP contribution in [0.3, 0.4) is 0 Å². The minimum Gasteiger partial charge on any atom is -0.443 e. The highest BCUT2D eigenvalue weighted by molar-refractivity contribution is 7.13. The van der Waals surface area contributed by atoms with Crippen LogP contribution in [0, 0.1) is 6.92 Å². The van der Waals surface area contributed by atoms with E-state index in [1.165, 1.54) is 58.2 Å². The maximum atomic E-state index is 13.8. The van der Waals surface area contributed by atoms with Crippen LogP contribution >= 0.6 is 11.3 Å². The second kappa shape index (κ2) is 24.3. The quantitative estimate of drug-likeness (QED) is 0.0938. The van der Waals surface area contributed by atoms with Gasteiger partial charge in [0.15, 0.2) is 11.4 Å². The van der Waals surface area contributed by atoms with Crippen LogP contribution in [0.4, 0.5) is 0 Å². The lowest BCUT2D eigenvalue weighted by Gasteiger charge is -2.29. The highest BCUT2D eigenvalue weighted by Gasteiger charge is 2.37. The number of hydrogen-bond donors (Lipinski definition) is 12. The second-order valence-corrected chi connectivity index (χ2v) is 18.4. The Labute approximate surface area is 460 Å². The number of rotatable bonds is 7. The van der Waals surface area contributed by atoms with Crippen LogP contribution in [-0.4, -0.2) is 118 Å². The molecule has 8 bridgehead atoms. The molecule has 30 nitrogen and oxygen atoms in total. The van der Waals surface area contributed by atoms with Crippen molar-refractivity contribution in [3.63, 3.8) is 0 Å². The number of nitrogens with zero attached hydrogens (tertiary/aromatic N) is 5. The molecule has 3 atom stereocenters. The number of carbonyl (C=O) groups is 10. The van der Waals surface area contributed by atoms with Gasteiger partial charge in [-0.15, -0.1) is 11.3 Å². The number of allylic oxidation sites excluding steroid dienone is 1. The maximum absolute atomic E-state index is 13.8. The lowest BCUT2D eigenvalue weighted by Crippen LogP contribution is -2.58. The van der Waals surface area contributed by atoms with Gasteiger partial charge in [0, 0.05) is 10.9 Å². The topological polar surface area (TPSA) is 449 Å². The van der Waals surface area contributed by atoms with Crippen LogP contribution in [0.5, 0.6) is 0 Å². The van der Waals surface area contributed by atoms with Crippen LogP contribution in [0.2, 0.25) is 0 Å². The number of oxazole rings is 3. The Morgan fingerprint density at radius 3 is 1.99 bits per heavy atom. The van der Waals surface area contributed by atoms with Crippen LogP contribution in [-0.2, 0) is 28.8 Å². The predicted molar refractivity (Wildman–Crippen MR) is 282 cm³/mol. The van der Waals surface area contributed by atoms with E-state index in [2.05, 4.69) is 112 Å². The van der Waals surface area contributed by atoms with Crippen molar-refractivity contribution >= 4 is 87.5 Å². The summed E-state index contributed by atoms with van der Waals surface area (Å²) in [6.07, 6.45) is 1.68. The van der Waals surface area contributed by atoms with Gasteiger partial charge in [0.1, 0.15) is 58.2 Å². The van der Waals surface area contributed by atoms with Gasteiger partial charge in [-0.05, 0) is 46.8 Å². The first-order chi connectivity index (χ1) is 38.0. The molecule has 10 amide bonds. The number of thiazole rings is 1. The first-order valence-electron chi connectivity index (χ1n) is 23.1. The third-order valence-corrected chi connectivity index (χ3v) is 11.8. The molecule has 0 spiro atoms. The summed E-state index contributed by atoms with van der Waals surface area (Å²) in [6.45, 7) is 27.7. The Balaban J connectivity index is 1.36. The smallest absolute Gasteiger partial charge is 0.278 e. The zero-order chi connectivity index (χ0) is 59.9. The number of nitrogens with two attached hydrogens (primary N) is 1. The van der Waals surface area contributed by atoms with Gasteiger partial charge in [-0.25, -0.2) is 24.9 Å². The van der Waals surface area contributed by atoms with Crippen molar-refractivity contribution in [3.05, 3.63) is 145 Å². The molecule has 0 saturated carbocycles. The van der Waals surface area contributed by atoms with Gasteiger partial charge in [-0.3, -0.25) is 47.9 Å². The molecule has 31 heteroatoms. The summed E-state index contributed by atoms with van der Waals surface area (Å²) in [5.74, 6) is -11.7. The van der Waals surface area contributed by atoms with E-state index >= 15 is 0 Å². The van der Waals surface area contributed by atoms with E-state index in [9.17, 15) is 58.2 Å². The molecule has 6 rings (SSSR count). The van der Waals surface area contributed by atoms with E-state index in [0.29, 0.717) is 0 Å². The Hall–Kier alpha value is -10.8. The normalized spacial score (nSPS) is 17.3. The molecule has 0 aromatic carbocycles. The first kappa shape index (κ1) is 59.5. The lowest BCUT2D eigenvalue weighted by molar-refractivity contribution is -0.132. The van der Waals surface area contributed by atoms with Gasteiger partial charge in [0.25, 0.3) is 47.3 Å². The van der Waals surface area contributed by atoms with Gasteiger partial charge < -0.3 is 77.0 Å². The number of aryl methyl sites for hydroxylation is 1. The van der Waals surface area contributed by atoms with E-state index in [-0.39, 0.29) is 68.0 Å². The average molecular weight is 1130 g/mol. The number of primary amides is 1. The summed E-state index contributed by atoms with van der Waals surface area (Å²) >= 11 is 0.882. The fourth-order valence-corrected chi connectivity index (χ4v) is 7.48. The SMILES string of the molecule is C=C(NC(=O)C(=C)NC(=O)c1ccc2c(n1)-c1coc(n1)C(=C)NC(=O)C(=C)NC(=O)c1nc(oc1C)C(=C)NC(=O)[C@H](C(C)(C)O)NC(=O)C(=C)NC(=O)c1coc(n1)C(=CC)NC(=O)[C@@H]([C@@H](C)O)NC(=O)c1csc-2n1)C(N)=O. The van der Waals surface area contributed by atoms with E-state index in [0.717, 1.165) is 23.9 Å². The zero-order valence-electron chi connectivity index (χ0n) is 43.4. The number of fused-ring (bicyclic) bond motifs is 11. The van der Waals surface area contributed by atoms with Crippen LogP contribution < -0.4 is 53.6 Å². The average Bonchev–Trinajstić information content (AvgIpc) is 4.26. The molecule has 81 heavy (non-hydrogen) atoms. The van der Waals surface area contributed by atoms with Crippen LogP contribution in [0.25, 0.3) is 39.1 Å². The molecule has 5 aromatic rings. The molecule has 0 radical (unpaired) electrons. The molecule has 0 fully saturated rings. The van der Waals surface area contributed by atoms with E-state index in [1.54, 1.807) is 0 Å². The molecule has 5 aromatic heterocycles. The monoisotopic (exact) mass is 1130 g/mol. The Bertz CT molecular complexity index is 3610. The molecule has 1 aliphatic rings. The molecule has 0 unspecified atom stereocenters. The molecule has 13 N–H and O–H groups in total. The zero-order valence-corrected chi connectivity index (χ0v) is 44.2. The van der Waals surface area contributed by atoms with Gasteiger partial charge in [-0.2, -0.15) is 0 Å². The van der Waals surface area contributed by atoms with Crippen molar-refractivity contribution in [1.82, 2.24) is 72.8 Å². The Morgan fingerprint density at radius 2 is 1.33 bits per heavy atom. The number of pyridine rings is 1. The molecular formula is C50H49N15O15S. The summed E-state index contributed by atoms with van der Waals surface area (Å²) in [6, 6.07) is -0.900. The largest absolute Gasteiger partial charge is 0.443 e. The highest BCUT2D eigenvalue weighted by atomic mass is 32.1. The number of hydrogen-bond acceptors (Lipinski definition) is 21. The van der Waals surface area contributed by atoms with Crippen molar-refractivity contribution < 1.29 is 71.4 Å². The highest BCUT2D eigenvalue weighted by Crippen LogP contribution is 2.33. The number of aliphatic hydroxyl groups excluding tert-OH is 1. The van der Waals surface area contributed by atoms with Gasteiger partial charge in [0.2, 0.25) is 29.5 Å². The summed E-state index contributed by atoms with van der Waals surface area (Å²) in [4.78, 5) is 153. The first-order valence-corrected chi connectivity index (χ1v) is 24.0. The Kier molecular flexibility index (Phi) is 17.8. The van der Waals surface area contributed by atoms with Gasteiger partial charge >= 0.3 is 0 Å². The van der Waals surface area contributed by atoms with E-state index < -0.39 is 123 Å². The van der Waals surface area contributed by atoms with Crippen molar-refractivity contribution in [3.8, 4) is 22.0 Å². The van der Waals surface area contributed by atoms with Crippen molar-refractivity contribution in [1.29, 1.82) is 0 Å². The molecule has 1 aliphatic heterocycles. The summed E-state index contributed by atoms with van der Waals surface area (Å²) < 4.78 is 16.6. The number of aromatic nitrogens is 5. The standard InChI is InChI=1S/C50H49N15O15S/c1-12-27-48-61-30(16-79-48)41(72)54-21(5)39(70)65-35(50(10,11)77)45(76)57-23(7)47-64-33(25(9)80-47)44(75)55-20(4)38(69)56-22(6)46-60-29(15-78-46)34-26(49-62-31(17-81-49)42(73)63-32(24(8)66)43(74)59-27)13-14-28(58-34)40(71)53-19(3)37(68)52-18(2)36(51)67/h12-17,24,32,35,66,77H,2-7H2,1,8-11H3,(H2,51,67)(H,52,68)(H,53,71)(H,54,72)(H,55,75)(H,56,69)(H,57,76)(H,59,74)(H,63,73)(H,65,70)/t24-,32-,35-/m1/s1. The lowest BCUT2D eigenvalue weighted by atomic mass is 9.97. The second-order valence-electron chi connectivity index (χ2n) is 17.6. The number of carbonyl (C=O) groups excluding carboxylic acids is 10. The summed E-state index contributed by atoms with van der Waals surface area (Å²) in [5.41, 5.74) is -1.59. The predicted octanol–water partition coefficient (Wildman–Crippen LogP) is -0.210. The van der Waals surface area contributed by atoms with Crippen LogP contribution in [0.1, 0.15) is 93.1 Å². The number of amides is 10. The summed E-state index contributed by atoms with van der Waals surface area (Å²) in [7, 11) is 0. The molecule has 6 heterocycles. The number of nitrogens with one attached hydrogen (secondary N) is 9. The fourth-order valence-electron chi connectivity index (χ4n) is 6.66.